The number of nitrogens with one attached hydrogen (secondary N) is 2. The van der Waals surface area contributed by atoms with Crippen LogP contribution in [0.4, 0.5) is 17.1 Å². The standard InChI is InChI=1S/C31H31N3O3/c1-34(28-15-6-3-7-16-28)31(36)25-13-8-14-27(22-25)32-23-30(35)33-26-17-19-29(20-18-26)37-21-9-12-24-10-4-2-5-11-24/h2-8,10-11,13-20,22,32H,9,12,21,23H2,1H3,(H,33,35). The number of amides is 2. The van der Waals surface area contributed by atoms with Gasteiger partial charge in [0, 0.05) is 29.7 Å². The molecule has 4 rings (SSSR count). The van der Waals surface area contributed by atoms with Crippen molar-refractivity contribution in [2.24, 2.45) is 0 Å². The van der Waals surface area contributed by atoms with E-state index in [2.05, 4.69) is 22.8 Å². The monoisotopic (exact) mass is 493 g/mol. The van der Waals surface area contributed by atoms with E-state index >= 15 is 0 Å². The molecule has 0 bridgehead atoms. The number of para-hydroxylation sites is 1. The van der Waals surface area contributed by atoms with Crippen molar-refractivity contribution in [1.29, 1.82) is 0 Å². The van der Waals surface area contributed by atoms with Crippen LogP contribution in [-0.2, 0) is 11.2 Å². The predicted octanol–water partition coefficient (Wildman–Crippen LogP) is 6.03. The average molecular weight is 494 g/mol. The molecule has 0 unspecified atom stereocenters. The van der Waals surface area contributed by atoms with Gasteiger partial charge < -0.3 is 20.3 Å². The first kappa shape index (κ1) is 25.5. The van der Waals surface area contributed by atoms with Gasteiger partial charge in [0.2, 0.25) is 5.91 Å². The molecule has 0 radical (unpaired) electrons. The molecule has 6 heteroatoms. The lowest BCUT2D eigenvalue weighted by Crippen LogP contribution is -2.26. The highest BCUT2D eigenvalue weighted by Gasteiger charge is 2.14. The number of anilines is 3. The summed E-state index contributed by atoms with van der Waals surface area (Å²) in [4.78, 5) is 26.9. The maximum absolute atomic E-state index is 12.9. The fourth-order valence-corrected chi connectivity index (χ4v) is 3.86. The molecule has 0 aliphatic carbocycles. The number of carbonyl (C=O) groups excluding carboxylic acids is 2. The molecule has 0 atom stereocenters. The van der Waals surface area contributed by atoms with Gasteiger partial charge >= 0.3 is 0 Å². The van der Waals surface area contributed by atoms with Crippen LogP contribution in [0.5, 0.6) is 5.75 Å². The van der Waals surface area contributed by atoms with Gasteiger partial charge in [-0.15, -0.1) is 0 Å². The van der Waals surface area contributed by atoms with Gasteiger partial charge in [-0.2, -0.15) is 0 Å². The highest BCUT2D eigenvalue weighted by atomic mass is 16.5. The number of benzene rings is 4. The lowest BCUT2D eigenvalue weighted by atomic mass is 10.1. The zero-order valence-electron chi connectivity index (χ0n) is 20.9. The summed E-state index contributed by atoms with van der Waals surface area (Å²) < 4.78 is 5.81. The highest BCUT2D eigenvalue weighted by molar-refractivity contribution is 6.06. The van der Waals surface area contributed by atoms with E-state index in [4.69, 9.17) is 4.74 Å². The molecular formula is C31H31N3O3. The minimum Gasteiger partial charge on any atom is -0.494 e. The maximum atomic E-state index is 12.9. The summed E-state index contributed by atoms with van der Waals surface area (Å²) >= 11 is 0. The quantitative estimate of drug-likeness (QED) is 0.251. The SMILES string of the molecule is CN(C(=O)c1cccc(NCC(=O)Nc2ccc(OCCCc3ccccc3)cc2)c1)c1ccccc1. The number of hydrogen-bond acceptors (Lipinski definition) is 4. The Balaban J connectivity index is 1.22. The number of carbonyl (C=O) groups is 2. The summed E-state index contributed by atoms with van der Waals surface area (Å²) in [5, 5.41) is 5.96. The fraction of sp³-hybridized carbons (Fsp3) is 0.161. The predicted molar refractivity (Wildman–Crippen MR) is 149 cm³/mol. The molecule has 0 heterocycles. The summed E-state index contributed by atoms with van der Waals surface area (Å²) in [6.07, 6.45) is 1.91. The number of aryl methyl sites for hydroxylation is 1. The molecule has 0 aromatic heterocycles. The van der Waals surface area contributed by atoms with Crippen LogP contribution in [0.15, 0.2) is 109 Å². The van der Waals surface area contributed by atoms with Crippen molar-refractivity contribution < 1.29 is 14.3 Å². The van der Waals surface area contributed by atoms with E-state index in [1.54, 1.807) is 30.1 Å². The van der Waals surface area contributed by atoms with Crippen molar-refractivity contribution in [2.75, 3.05) is 35.7 Å². The highest BCUT2D eigenvalue weighted by Crippen LogP contribution is 2.18. The van der Waals surface area contributed by atoms with Crippen molar-refractivity contribution in [3.05, 3.63) is 120 Å². The van der Waals surface area contributed by atoms with E-state index in [1.807, 2.05) is 78.9 Å². The van der Waals surface area contributed by atoms with E-state index in [1.165, 1.54) is 5.56 Å². The molecule has 188 valence electrons. The summed E-state index contributed by atoms with van der Waals surface area (Å²) in [7, 11) is 1.74. The Morgan fingerprint density at radius 3 is 2.22 bits per heavy atom. The molecule has 0 aliphatic heterocycles. The summed E-state index contributed by atoms with van der Waals surface area (Å²) in [6.45, 7) is 0.705. The largest absolute Gasteiger partial charge is 0.494 e. The zero-order chi connectivity index (χ0) is 25.9. The van der Waals surface area contributed by atoms with Crippen molar-refractivity contribution in [2.45, 2.75) is 12.8 Å². The molecule has 4 aromatic rings. The molecule has 0 aliphatic rings. The number of rotatable bonds is 11. The van der Waals surface area contributed by atoms with Crippen LogP contribution in [0.2, 0.25) is 0 Å². The third kappa shape index (κ3) is 7.70. The molecule has 37 heavy (non-hydrogen) atoms. The Kier molecular flexibility index (Phi) is 8.92. The second-order valence-corrected chi connectivity index (χ2v) is 8.64. The van der Waals surface area contributed by atoms with E-state index in [0.29, 0.717) is 23.5 Å². The molecule has 6 nitrogen and oxygen atoms in total. The van der Waals surface area contributed by atoms with Gasteiger partial charge in [-0.3, -0.25) is 9.59 Å². The van der Waals surface area contributed by atoms with Gasteiger partial charge in [-0.05, 0) is 73.0 Å². The molecular weight excluding hydrogens is 462 g/mol. The van der Waals surface area contributed by atoms with Crippen molar-refractivity contribution in [1.82, 2.24) is 0 Å². The van der Waals surface area contributed by atoms with Crippen LogP contribution < -0.4 is 20.3 Å². The van der Waals surface area contributed by atoms with Crippen LogP contribution in [-0.4, -0.2) is 32.0 Å². The van der Waals surface area contributed by atoms with Gasteiger partial charge in [-0.1, -0.05) is 54.6 Å². The molecule has 0 fully saturated rings. The second-order valence-electron chi connectivity index (χ2n) is 8.64. The van der Waals surface area contributed by atoms with E-state index in [9.17, 15) is 9.59 Å². The first-order valence-electron chi connectivity index (χ1n) is 12.3. The minimum absolute atomic E-state index is 0.0733. The van der Waals surface area contributed by atoms with E-state index in [0.717, 1.165) is 24.3 Å². The zero-order valence-corrected chi connectivity index (χ0v) is 20.9. The Morgan fingerprint density at radius 2 is 1.49 bits per heavy atom. The van der Waals surface area contributed by atoms with Crippen LogP contribution >= 0.6 is 0 Å². The molecule has 2 amide bonds. The third-order valence-electron chi connectivity index (χ3n) is 5.87. The van der Waals surface area contributed by atoms with Crippen molar-refractivity contribution in [3.63, 3.8) is 0 Å². The van der Waals surface area contributed by atoms with Gasteiger partial charge in [0.15, 0.2) is 0 Å². The van der Waals surface area contributed by atoms with Crippen molar-refractivity contribution >= 4 is 28.9 Å². The fourth-order valence-electron chi connectivity index (χ4n) is 3.86. The van der Waals surface area contributed by atoms with Crippen LogP contribution in [0, 0.1) is 0 Å². The smallest absolute Gasteiger partial charge is 0.258 e. The Bertz CT molecular complexity index is 1290. The van der Waals surface area contributed by atoms with Gasteiger partial charge in [0.1, 0.15) is 5.75 Å². The average Bonchev–Trinajstić information content (AvgIpc) is 2.95. The van der Waals surface area contributed by atoms with Gasteiger partial charge in [0.05, 0.1) is 13.2 Å². The number of hydrogen-bond donors (Lipinski definition) is 2. The lowest BCUT2D eigenvalue weighted by molar-refractivity contribution is -0.114. The normalized spacial score (nSPS) is 10.4. The van der Waals surface area contributed by atoms with Crippen LogP contribution in [0.1, 0.15) is 22.3 Å². The second kappa shape index (κ2) is 12.9. The Morgan fingerprint density at radius 1 is 0.784 bits per heavy atom. The molecule has 2 N–H and O–H groups in total. The molecule has 4 aromatic carbocycles. The van der Waals surface area contributed by atoms with Gasteiger partial charge in [0.25, 0.3) is 5.91 Å². The number of ether oxygens (including phenoxy) is 1. The topological polar surface area (TPSA) is 70.7 Å². The number of nitrogens with zero attached hydrogens (tertiary/aromatic N) is 1. The first-order valence-corrected chi connectivity index (χ1v) is 12.3. The first-order chi connectivity index (χ1) is 18.1. The maximum Gasteiger partial charge on any atom is 0.258 e. The summed E-state index contributed by atoms with van der Waals surface area (Å²) in [5.74, 6) is 0.461. The Labute approximate surface area is 217 Å². The molecule has 0 spiro atoms. The van der Waals surface area contributed by atoms with Crippen molar-refractivity contribution in [3.8, 4) is 5.75 Å². The summed E-state index contributed by atoms with van der Waals surface area (Å²) in [6, 6.07) is 34.3. The van der Waals surface area contributed by atoms with E-state index < -0.39 is 0 Å². The van der Waals surface area contributed by atoms with Gasteiger partial charge in [-0.25, -0.2) is 0 Å². The van der Waals surface area contributed by atoms with Crippen LogP contribution in [0.3, 0.4) is 0 Å². The Hall–Kier alpha value is -4.58. The lowest BCUT2D eigenvalue weighted by Gasteiger charge is -2.18. The van der Waals surface area contributed by atoms with E-state index in [-0.39, 0.29) is 18.4 Å². The molecule has 0 saturated heterocycles. The molecule has 0 saturated carbocycles. The van der Waals surface area contributed by atoms with Crippen LogP contribution in [0.25, 0.3) is 0 Å². The third-order valence-corrected chi connectivity index (χ3v) is 5.87. The minimum atomic E-state index is -0.185. The summed E-state index contributed by atoms with van der Waals surface area (Å²) in [5.41, 5.74) is 4.04.